The molecule has 0 unspecified atom stereocenters. The van der Waals surface area contributed by atoms with Crippen molar-refractivity contribution < 1.29 is 0 Å². The molecule has 0 saturated carbocycles. The number of hydrogen-bond donors (Lipinski definition) is 0. The third-order valence-corrected chi connectivity index (χ3v) is 4.01. The Hall–Kier alpha value is 0.0123. The summed E-state index contributed by atoms with van der Waals surface area (Å²) in [6, 6.07) is 0. The van der Waals surface area contributed by atoms with E-state index in [1.54, 1.807) is 22.1 Å². The van der Waals surface area contributed by atoms with Gasteiger partial charge in [0.25, 0.3) is 0 Å². The quantitative estimate of drug-likeness (QED) is 0.480. The Morgan fingerprint density at radius 2 is 1.53 bits per heavy atom. The van der Waals surface area contributed by atoms with Crippen LogP contribution in [0.1, 0.15) is 75.5 Å². The monoisotopic (exact) mass is 252 g/mol. The summed E-state index contributed by atoms with van der Waals surface area (Å²) in [5, 5.41) is 0. The van der Waals surface area contributed by atoms with E-state index in [9.17, 15) is 0 Å². The molecule has 1 aromatic heterocycles. The third-order valence-electron chi connectivity index (χ3n) is 4.01. The van der Waals surface area contributed by atoms with Crippen molar-refractivity contribution in [1.29, 1.82) is 0 Å². The summed E-state index contributed by atoms with van der Waals surface area (Å²) in [7, 11) is 0. The molecule has 102 valence electrons. The van der Waals surface area contributed by atoms with Gasteiger partial charge in [0.05, 0.1) is 0 Å². The normalized spacial score (nSPS) is 10.1. The average molecular weight is 252 g/mol. The maximum atomic E-state index is 2.39. The molecule has 1 heterocycles. The number of unbranched alkanes of at least 4 members (excludes halogenated alkanes) is 3. The van der Waals surface area contributed by atoms with E-state index in [4.69, 9.17) is 0 Å². The van der Waals surface area contributed by atoms with Crippen LogP contribution in [0.15, 0.2) is 5.96 Å². The van der Waals surface area contributed by atoms with Crippen LogP contribution in [0.4, 0.5) is 0 Å². The molecule has 0 aliphatic rings. The summed E-state index contributed by atoms with van der Waals surface area (Å²) in [6.45, 7) is 11.5. The van der Waals surface area contributed by atoms with Crippen LogP contribution in [0, 0.1) is 0 Å². The van der Waals surface area contributed by atoms with Crippen LogP contribution >= 0.6 is 0 Å². The molecule has 2 heteroatoms. The van der Waals surface area contributed by atoms with Crippen molar-refractivity contribution in [2.75, 3.05) is 0 Å². The molecule has 1 aromatic rings. The zero-order valence-electron chi connectivity index (χ0n) is 12.8. The van der Waals surface area contributed by atoms with Gasteiger partial charge in [-0.25, -0.2) is 0 Å². The molecular weight excluding hydrogens is 222 g/mol. The van der Waals surface area contributed by atoms with Gasteiger partial charge in [0.1, 0.15) is 0 Å². The van der Waals surface area contributed by atoms with Crippen LogP contribution < -0.4 is 0 Å². The van der Waals surface area contributed by atoms with E-state index in [0.717, 1.165) is 0 Å². The van der Waals surface area contributed by atoms with Crippen LogP contribution in [0.2, 0.25) is 0 Å². The predicted molar refractivity (Wildman–Crippen MR) is 90.9 cm³/mol. The summed E-state index contributed by atoms with van der Waals surface area (Å²) in [6.07, 6.45) is 10.3. The Kier molecular flexibility index (Phi) is 10.8. The van der Waals surface area contributed by atoms with E-state index < -0.39 is 0 Å². The molecule has 0 radical (unpaired) electrons. The first kappa shape index (κ1) is 19.0. The van der Waals surface area contributed by atoms with Gasteiger partial charge in [-0.1, -0.05) is 0 Å². The summed E-state index contributed by atoms with van der Waals surface area (Å²) in [5.41, 5.74) is 6.45. The van der Waals surface area contributed by atoms with E-state index in [1.165, 1.54) is 51.4 Å². The van der Waals surface area contributed by atoms with E-state index in [2.05, 4.69) is 40.6 Å². The van der Waals surface area contributed by atoms with Crippen LogP contribution in [-0.2, 0) is 25.7 Å². The SMILES string of the molecule is CCCCCCc1cbc(CC)c(CC)c1CC.[LiH]. The number of hydrogen-bond acceptors (Lipinski definition) is 0. The summed E-state index contributed by atoms with van der Waals surface area (Å²) in [5.74, 6) is 2.39. The van der Waals surface area contributed by atoms with E-state index in [1.807, 2.05) is 0 Å². The van der Waals surface area contributed by atoms with Gasteiger partial charge in [0.15, 0.2) is 0 Å². The van der Waals surface area contributed by atoms with Gasteiger partial charge in [0.2, 0.25) is 0 Å². The Morgan fingerprint density at radius 3 is 2.05 bits per heavy atom. The summed E-state index contributed by atoms with van der Waals surface area (Å²) < 4.78 is 0. The molecule has 0 nitrogen and oxygen atoms in total. The van der Waals surface area contributed by atoms with Crippen molar-refractivity contribution in [3.63, 3.8) is 0 Å². The zero-order valence-corrected chi connectivity index (χ0v) is 12.8. The molecule has 0 aliphatic heterocycles. The molecule has 0 amide bonds. The van der Waals surface area contributed by atoms with Gasteiger partial charge in [-0.05, 0) is 0 Å². The molecular formula is C17H30BLi. The molecule has 0 spiro atoms. The molecule has 0 saturated heterocycles. The molecule has 0 fully saturated rings. The second kappa shape index (κ2) is 10.8. The third kappa shape index (κ3) is 5.49. The Balaban J connectivity index is 0.00000324. The average Bonchev–Trinajstić information content (AvgIpc) is 2.42. The van der Waals surface area contributed by atoms with Crippen molar-refractivity contribution in [2.45, 2.75) is 79.1 Å². The summed E-state index contributed by atoms with van der Waals surface area (Å²) in [4.78, 5) is 0. The first-order valence-electron chi connectivity index (χ1n) is 7.90. The fourth-order valence-electron chi connectivity index (χ4n) is 2.98. The molecule has 0 aromatic carbocycles. The summed E-state index contributed by atoms with van der Waals surface area (Å²) >= 11 is 0. The molecule has 19 heavy (non-hydrogen) atoms. The van der Waals surface area contributed by atoms with Crippen molar-refractivity contribution in [3.8, 4) is 0 Å². The first-order valence-corrected chi connectivity index (χ1v) is 7.90. The van der Waals surface area contributed by atoms with Crippen molar-refractivity contribution in [1.82, 2.24) is 0 Å². The molecule has 0 atom stereocenters. The minimum absolute atomic E-state index is 0. The second-order valence-electron chi connectivity index (χ2n) is 5.21. The molecule has 0 N–H and O–H groups in total. The number of rotatable bonds is 8. The maximum absolute atomic E-state index is 2.39. The van der Waals surface area contributed by atoms with Gasteiger partial charge in [0, 0.05) is 0 Å². The van der Waals surface area contributed by atoms with E-state index in [0.29, 0.717) is 0 Å². The van der Waals surface area contributed by atoms with Crippen molar-refractivity contribution in [3.05, 3.63) is 28.1 Å². The fourth-order valence-corrected chi connectivity index (χ4v) is 2.98. The van der Waals surface area contributed by atoms with Crippen LogP contribution in [0.3, 0.4) is 0 Å². The standard InChI is InChI=1S/C17H29B.Li.H/c1-5-9-10-11-12-14-13-18-17(8-4)16(7-3)15(14)6-2;;/h13H,5-12H2,1-4H3;;. The predicted octanol–water partition coefficient (Wildman–Crippen LogP) is 4.19. The van der Waals surface area contributed by atoms with Crippen LogP contribution in [-0.4, -0.2) is 25.8 Å². The Morgan fingerprint density at radius 1 is 0.842 bits per heavy atom. The zero-order chi connectivity index (χ0) is 13.4. The molecule has 0 bridgehead atoms. The molecule has 0 aliphatic carbocycles. The number of aryl methyl sites for hydroxylation is 2. The van der Waals surface area contributed by atoms with Crippen molar-refractivity contribution in [2.24, 2.45) is 0 Å². The Labute approximate surface area is 133 Å². The van der Waals surface area contributed by atoms with Gasteiger partial charge in [-0.2, -0.15) is 0 Å². The second-order valence-corrected chi connectivity index (χ2v) is 5.21. The Bertz CT molecular complexity index is 361. The van der Waals surface area contributed by atoms with Gasteiger partial charge in [-0.3, -0.25) is 0 Å². The first-order chi connectivity index (χ1) is 8.78. The van der Waals surface area contributed by atoms with Crippen molar-refractivity contribution >= 4 is 25.8 Å². The van der Waals surface area contributed by atoms with Gasteiger partial charge < -0.3 is 0 Å². The van der Waals surface area contributed by atoms with E-state index in [-0.39, 0.29) is 18.9 Å². The molecule has 1 rings (SSSR count). The van der Waals surface area contributed by atoms with Crippen LogP contribution in [0.5, 0.6) is 0 Å². The minimum atomic E-state index is 0. The fraction of sp³-hybridized carbons (Fsp3) is 0.706. The topological polar surface area (TPSA) is 0 Å². The van der Waals surface area contributed by atoms with E-state index >= 15 is 0 Å². The van der Waals surface area contributed by atoms with Gasteiger partial charge >= 0.3 is 133 Å². The van der Waals surface area contributed by atoms with Crippen LogP contribution in [0.25, 0.3) is 0 Å². The van der Waals surface area contributed by atoms with Gasteiger partial charge in [-0.15, -0.1) is 0 Å².